The van der Waals surface area contributed by atoms with Crippen LogP contribution in [0.25, 0.3) is 11.3 Å². The second-order valence-corrected chi connectivity index (χ2v) is 7.05. The number of thiazole rings is 1. The van der Waals surface area contributed by atoms with Crippen molar-refractivity contribution in [2.45, 2.75) is 13.5 Å². The zero-order valence-corrected chi connectivity index (χ0v) is 16.5. The zero-order chi connectivity index (χ0) is 19.2. The minimum atomic E-state index is -0.313. The van der Waals surface area contributed by atoms with Gasteiger partial charge < -0.3 is 4.74 Å². The molecule has 0 radical (unpaired) electrons. The molecule has 1 heterocycles. The summed E-state index contributed by atoms with van der Waals surface area (Å²) >= 11 is 7.61. The van der Waals surface area contributed by atoms with E-state index in [2.05, 4.69) is 21.8 Å². The molecule has 4 nitrogen and oxygen atoms in total. The maximum Gasteiger partial charge on any atom is 0.339 e. The molecule has 1 aromatic heterocycles. The number of aromatic nitrogens is 1. The highest BCUT2D eigenvalue weighted by Crippen LogP contribution is 2.27. The lowest BCUT2D eigenvalue weighted by Gasteiger charge is -2.05. The van der Waals surface area contributed by atoms with E-state index in [0.717, 1.165) is 22.1 Å². The number of allylic oxidation sites excluding steroid dienone is 1. The van der Waals surface area contributed by atoms with Gasteiger partial charge in [-0.1, -0.05) is 35.6 Å². The van der Waals surface area contributed by atoms with Crippen molar-refractivity contribution in [2.24, 2.45) is 0 Å². The first kappa shape index (κ1) is 19.1. The molecular weight excluding hydrogens is 380 g/mol. The number of ether oxygens (including phenoxy) is 1. The third-order valence-electron chi connectivity index (χ3n) is 3.92. The molecule has 0 saturated carbocycles. The third kappa shape index (κ3) is 4.56. The Hall–Kier alpha value is -2.63. The summed E-state index contributed by atoms with van der Waals surface area (Å²) in [5.74, 6) is -0.313. The van der Waals surface area contributed by atoms with Gasteiger partial charge in [0, 0.05) is 16.0 Å². The van der Waals surface area contributed by atoms with E-state index in [1.165, 1.54) is 0 Å². The van der Waals surface area contributed by atoms with E-state index >= 15 is 0 Å². The van der Waals surface area contributed by atoms with E-state index in [9.17, 15) is 4.79 Å². The summed E-state index contributed by atoms with van der Waals surface area (Å²) < 4.78 is 7.17. The van der Waals surface area contributed by atoms with Gasteiger partial charge in [-0.2, -0.15) is 0 Å². The van der Waals surface area contributed by atoms with Gasteiger partial charge in [0.25, 0.3) is 0 Å². The SMILES string of the molecule is C=CC[n+]1c(-c2ccc(Cl)cc2)csc1Nc1ccc(C(=O)OCC)cc1. The highest BCUT2D eigenvalue weighted by Gasteiger charge is 2.19. The molecule has 3 aromatic rings. The van der Waals surface area contributed by atoms with Crippen molar-refractivity contribution in [3.63, 3.8) is 0 Å². The van der Waals surface area contributed by atoms with Crippen LogP contribution in [-0.2, 0) is 11.3 Å². The van der Waals surface area contributed by atoms with Crippen molar-refractivity contribution >= 4 is 39.7 Å². The van der Waals surface area contributed by atoms with E-state index < -0.39 is 0 Å². The van der Waals surface area contributed by atoms with Crippen molar-refractivity contribution in [2.75, 3.05) is 11.9 Å². The van der Waals surface area contributed by atoms with Crippen LogP contribution in [0.15, 0.2) is 66.6 Å². The molecule has 27 heavy (non-hydrogen) atoms. The molecule has 0 aliphatic rings. The molecule has 0 bridgehead atoms. The monoisotopic (exact) mass is 399 g/mol. The molecule has 0 saturated heterocycles. The first-order valence-electron chi connectivity index (χ1n) is 8.54. The number of halogens is 1. The van der Waals surface area contributed by atoms with Gasteiger partial charge in [0.05, 0.1) is 12.2 Å². The van der Waals surface area contributed by atoms with Gasteiger partial charge in [-0.3, -0.25) is 0 Å². The molecule has 0 atom stereocenters. The number of carbonyl (C=O) groups excluding carboxylic acids is 1. The van der Waals surface area contributed by atoms with Gasteiger partial charge in [0.1, 0.15) is 17.9 Å². The van der Waals surface area contributed by atoms with Gasteiger partial charge in [-0.25, -0.2) is 14.7 Å². The zero-order valence-electron chi connectivity index (χ0n) is 14.9. The summed E-state index contributed by atoms with van der Waals surface area (Å²) in [7, 11) is 0. The fourth-order valence-electron chi connectivity index (χ4n) is 2.63. The Kier molecular flexibility index (Phi) is 6.27. The van der Waals surface area contributed by atoms with Crippen LogP contribution in [0.4, 0.5) is 10.8 Å². The Bertz CT molecular complexity index is 934. The van der Waals surface area contributed by atoms with Crippen LogP contribution in [0.5, 0.6) is 0 Å². The van der Waals surface area contributed by atoms with E-state index in [-0.39, 0.29) is 5.97 Å². The van der Waals surface area contributed by atoms with Crippen LogP contribution >= 0.6 is 22.9 Å². The fourth-order valence-corrected chi connectivity index (χ4v) is 3.72. The van der Waals surface area contributed by atoms with E-state index in [0.29, 0.717) is 23.7 Å². The van der Waals surface area contributed by atoms with Gasteiger partial charge in [0.2, 0.25) is 0 Å². The van der Waals surface area contributed by atoms with Crippen LogP contribution in [0.2, 0.25) is 5.02 Å². The van der Waals surface area contributed by atoms with Crippen molar-refractivity contribution < 1.29 is 14.1 Å². The summed E-state index contributed by atoms with van der Waals surface area (Å²) in [6.45, 7) is 6.69. The lowest BCUT2D eigenvalue weighted by molar-refractivity contribution is -0.657. The number of benzene rings is 2. The lowest BCUT2D eigenvalue weighted by Crippen LogP contribution is -2.35. The van der Waals surface area contributed by atoms with Gasteiger partial charge in [-0.05, 0) is 55.5 Å². The molecule has 0 amide bonds. The standard InChI is InChI=1S/C21H19ClN2O2S/c1-3-13-24-19(15-5-9-17(22)10-6-15)14-27-21(24)23-18-11-7-16(8-12-18)20(25)26-4-2/h3,5-12,14H,1,4,13H2,2H3/p+1. The first-order chi connectivity index (χ1) is 13.1. The quantitative estimate of drug-likeness (QED) is 0.326. The van der Waals surface area contributed by atoms with Crippen LogP contribution in [0, 0.1) is 0 Å². The number of nitrogens with one attached hydrogen (secondary N) is 1. The number of anilines is 2. The van der Waals surface area contributed by atoms with Crippen LogP contribution < -0.4 is 9.88 Å². The molecule has 6 heteroatoms. The van der Waals surface area contributed by atoms with Crippen molar-refractivity contribution in [1.29, 1.82) is 0 Å². The number of carbonyl (C=O) groups is 1. The molecule has 0 unspecified atom stereocenters. The maximum atomic E-state index is 11.8. The number of hydrogen-bond donors (Lipinski definition) is 1. The summed E-state index contributed by atoms with van der Waals surface area (Å²) in [4.78, 5) is 11.8. The number of hydrogen-bond acceptors (Lipinski definition) is 4. The second-order valence-electron chi connectivity index (χ2n) is 5.76. The van der Waals surface area contributed by atoms with Crippen molar-refractivity contribution in [3.05, 3.63) is 77.2 Å². The van der Waals surface area contributed by atoms with Crippen molar-refractivity contribution in [1.82, 2.24) is 0 Å². The van der Waals surface area contributed by atoms with Crippen LogP contribution in [-0.4, -0.2) is 12.6 Å². The second kappa shape index (κ2) is 8.84. The molecule has 0 aliphatic heterocycles. The smallest absolute Gasteiger partial charge is 0.339 e. The number of rotatable bonds is 7. The predicted molar refractivity (Wildman–Crippen MR) is 111 cm³/mol. The highest BCUT2D eigenvalue weighted by molar-refractivity contribution is 7.13. The summed E-state index contributed by atoms with van der Waals surface area (Å²) in [6, 6.07) is 15.0. The van der Waals surface area contributed by atoms with Gasteiger partial charge in [0.15, 0.2) is 0 Å². The van der Waals surface area contributed by atoms with Crippen molar-refractivity contribution in [3.8, 4) is 11.3 Å². The Morgan fingerprint density at radius 2 is 1.93 bits per heavy atom. The molecule has 1 N–H and O–H groups in total. The van der Waals surface area contributed by atoms with Gasteiger partial charge in [-0.15, -0.1) is 0 Å². The number of nitrogens with zero attached hydrogens (tertiary/aromatic N) is 1. The Labute approximate surface area is 167 Å². The fraction of sp³-hybridized carbons (Fsp3) is 0.143. The normalized spacial score (nSPS) is 10.4. The average Bonchev–Trinajstić information content (AvgIpc) is 3.06. The Balaban J connectivity index is 1.85. The minimum Gasteiger partial charge on any atom is -0.462 e. The van der Waals surface area contributed by atoms with Crippen LogP contribution in [0.1, 0.15) is 17.3 Å². The number of esters is 1. The van der Waals surface area contributed by atoms with Gasteiger partial charge >= 0.3 is 11.1 Å². The van der Waals surface area contributed by atoms with E-state index in [4.69, 9.17) is 16.3 Å². The summed E-state index contributed by atoms with van der Waals surface area (Å²) in [5.41, 5.74) is 3.60. The molecule has 2 aromatic carbocycles. The highest BCUT2D eigenvalue weighted by atomic mass is 35.5. The lowest BCUT2D eigenvalue weighted by atomic mass is 10.2. The average molecular weight is 400 g/mol. The molecular formula is C21H20ClN2O2S+. The van der Waals surface area contributed by atoms with E-state index in [1.54, 1.807) is 30.4 Å². The predicted octanol–water partition coefficient (Wildman–Crippen LogP) is 5.46. The topological polar surface area (TPSA) is 42.2 Å². The Morgan fingerprint density at radius 1 is 1.22 bits per heavy atom. The molecule has 0 fully saturated rings. The molecule has 3 rings (SSSR count). The molecule has 138 valence electrons. The first-order valence-corrected chi connectivity index (χ1v) is 9.80. The minimum absolute atomic E-state index is 0.313. The summed E-state index contributed by atoms with van der Waals surface area (Å²) in [5, 5.41) is 7.20. The maximum absolute atomic E-state index is 11.8. The molecule has 0 spiro atoms. The Morgan fingerprint density at radius 3 is 2.56 bits per heavy atom. The van der Waals surface area contributed by atoms with E-state index in [1.807, 2.05) is 42.5 Å². The molecule has 0 aliphatic carbocycles. The van der Waals surface area contributed by atoms with Crippen LogP contribution in [0.3, 0.4) is 0 Å². The third-order valence-corrected chi connectivity index (χ3v) is 5.06. The summed E-state index contributed by atoms with van der Waals surface area (Å²) in [6.07, 6.45) is 1.86. The largest absolute Gasteiger partial charge is 0.462 e.